The van der Waals surface area contributed by atoms with Gasteiger partial charge in [-0.25, -0.2) is 0 Å². The molecular weight excluding hydrogens is 1130 g/mol. The number of methoxy groups -OCH3 is 1. The number of esters is 1. The Labute approximate surface area is 497 Å². The first kappa shape index (κ1) is 67.7. The van der Waals surface area contributed by atoms with Crippen LogP contribution >= 0.6 is 0 Å². The van der Waals surface area contributed by atoms with E-state index in [-0.39, 0.29) is 70.8 Å². The topological polar surface area (TPSA) is 402 Å². The molecule has 30 nitrogen and oxygen atoms in total. The molecule has 0 unspecified atom stereocenters. The number of ether oxygens (including phenoxy) is 3. The molecule has 7 amide bonds. The number of anilines is 1. The van der Waals surface area contributed by atoms with E-state index in [1.54, 1.807) is 16.7 Å². The molecule has 86 heavy (non-hydrogen) atoms. The molecule has 5 aliphatic heterocycles. The lowest BCUT2D eigenvalue weighted by molar-refractivity contribution is -0.160. The van der Waals surface area contributed by atoms with Crippen molar-refractivity contribution in [1.29, 1.82) is 0 Å². The highest BCUT2D eigenvalue weighted by Gasteiger charge is 2.46. The molecule has 1 aromatic carbocycles. The number of cyclic esters (lactones) is 1. The average molecular weight is 1210 g/mol. The van der Waals surface area contributed by atoms with Crippen molar-refractivity contribution < 1.29 is 92.2 Å². The predicted molar refractivity (Wildman–Crippen MR) is 302 cm³/mol. The second kappa shape index (κ2) is 32.9. The largest absolute Gasteiger partial charge is 0.481 e. The average Bonchev–Trinajstić information content (AvgIpc) is 1.65. The van der Waals surface area contributed by atoms with E-state index < -0.39 is 139 Å². The fourth-order valence-electron chi connectivity index (χ4n) is 11.4. The fourth-order valence-corrected chi connectivity index (χ4v) is 11.4. The smallest absolute Gasteiger partial charge is 0.317 e. The van der Waals surface area contributed by atoms with E-state index in [2.05, 4.69) is 36.8 Å². The molecule has 0 aliphatic carbocycles. The molecule has 0 bridgehead atoms. The van der Waals surface area contributed by atoms with Gasteiger partial charge in [-0.05, 0) is 74.6 Å². The van der Waals surface area contributed by atoms with Gasteiger partial charge in [-0.15, -0.1) is 0 Å². The summed E-state index contributed by atoms with van der Waals surface area (Å²) in [6.45, 7) is 6.78. The number of likely N-dealkylation sites (tertiary alicyclic amines) is 1. The molecule has 5 heterocycles. The van der Waals surface area contributed by atoms with Gasteiger partial charge in [0.05, 0.1) is 38.3 Å². The molecule has 0 aromatic heterocycles. The van der Waals surface area contributed by atoms with Crippen molar-refractivity contribution in [3.63, 3.8) is 0 Å². The van der Waals surface area contributed by atoms with Gasteiger partial charge in [0.15, 0.2) is 0 Å². The highest BCUT2D eigenvalue weighted by Crippen LogP contribution is 2.39. The zero-order valence-electron chi connectivity index (χ0n) is 49.0. The molecule has 8 atom stereocenters. The van der Waals surface area contributed by atoms with Crippen molar-refractivity contribution in [1.82, 2.24) is 51.5 Å². The summed E-state index contributed by atoms with van der Waals surface area (Å²) in [6, 6.07) is -1.37. The van der Waals surface area contributed by atoms with Crippen molar-refractivity contribution in [3.8, 4) is 0 Å². The summed E-state index contributed by atoms with van der Waals surface area (Å²) in [7, 11) is 1.34. The molecule has 476 valence electrons. The van der Waals surface area contributed by atoms with Gasteiger partial charge in [0.2, 0.25) is 47.6 Å². The number of aliphatic carboxylic acids is 4. The quantitative estimate of drug-likeness (QED) is 0.0261. The predicted octanol–water partition coefficient (Wildman–Crippen LogP) is -3.06. The number of benzene rings is 1. The van der Waals surface area contributed by atoms with Crippen LogP contribution in [0.5, 0.6) is 0 Å². The molecule has 1 aromatic rings. The number of para-hydroxylation sites is 1. The maximum atomic E-state index is 14.4. The monoisotopic (exact) mass is 1210 g/mol. The Bertz CT molecular complexity index is 2590. The molecule has 30 heteroatoms. The number of carbonyl (C=O) groups is 12. The van der Waals surface area contributed by atoms with Gasteiger partial charge in [-0.2, -0.15) is 0 Å². The summed E-state index contributed by atoms with van der Waals surface area (Å²) >= 11 is 0. The van der Waals surface area contributed by atoms with E-state index in [1.807, 2.05) is 30.0 Å². The van der Waals surface area contributed by atoms with Crippen LogP contribution in [0.2, 0.25) is 0 Å². The highest BCUT2D eigenvalue weighted by molar-refractivity contribution is 6.08. The molecule has 0 spiro atoms. The van der Waals surface area contributed by atoms with Gasteiger partial charge in [-0.1, -0.05) is 38.5 Å². The number of carboxylic acid groups (broad SMARTS) is 4. The van der Waals surface area contributed by atoms with E-state index in [0.717, 1.165) is 11.1 Å². The Balaban J connectivity index is 0.964. The van der Waals surface area contributed by atoms with Crippen LogP contribution < -0.4 is 36.8 Å². The van der Waals surface area contributed by atoms with Gasteiger partial charge >= 0.3 is 29.8 Å². The van der Waals surface area contributed by atoms with E-state index in [0.29, 0.717) is 90.3 Å². The van der Waals surface area contributed by atoms with E-state index in [9.17, 15) is 78.0 Å². The molecule has 5 aliphatic rings. The first-order valence-electron chi connectivity index (χ1n) is 29.3. The Morgan fingerprint density at radius 1 is 0.674 bits per heavy atom. The van der Waals surface area contributed by atoms with Crippen LogP contribution in [0.4, 0.5) is 5.69 Å². The number of aryl methyl sites for hydroxylation is 1. The lowest BCUT2D eigenvalue weighted by Crippen LogP contribution is -2.59. The standard InChI is InChI=1S/C56H83N11O19/c1-4-33(2)49(54(82)60-39-9-8-35-6-5-7-36-26-41(67(50(35)36)55(39)83)53(81)61-40-27-48(78)86-56(40)84-3)62-43(69)32-85-25-16-57-51(79)37(10-12-44(70)71)59-52(80)38(11-13-45(72)73)58-42(68)29-63-17-14-34(15-18-63)28-64-19-21-65(30-46(74)75)23-24-66(22-20-64)31-47(76)77/h5-7,33-34,37-41,49,56H,4,8-32H2,1-3H3,(H,57,79)(H,58,68)(H,59,80)(H,60,82)(H,61,81)(H,62,69)(H,70,71)(H,72,73)(H,74,75)(H,76,77)/t33-,37+,38+,39-,40-,41-,49-,56-/m0/s1. The zero-order chi connectivity index (χ0) is 62.6. The SMILES string of the molecule is CC[C@H](C)[C@H](NC(=O)COCCNC(=O)[C@@H](CCC(=O)O)NC(=O)[C@@H](CCC(=O)O)NC(=O)CN1CCC(CN2CCN(CC(=O)O)CCN(CC(=O)O)CC2)CC1)C(=O)N[C@H]1CCc2cccc3c2N(C1=O)[C@H](C(=O)N[C@H]1CC(=O)O[C@@H]1OC)C3. The minimum Gasteiger partial charge on any atom is -0.481 e. The van der Waals surface area contributed by atoms with Crippen LogP contribution in [0.3, 0.4) is 0 Å². The van der Waals surface area contributed by atoms with E-state index >= 15 is 0 Å². The Hall–Kier alpha value is -7.38. The van der Waals surface area contributed by atoms with Gasteiger partial charge in [0.25, 0.3) is 0 Å². The van der Waals surface area contributed by atoms with Gasteiger partial charge < -0.3 is 71.4 Å². The van der Waals surface area contributed by atoms with Crippen molar-refractivity contribution in [2.24, 2.45) is 11.8 Å². The number of nitrogens with zero attached hydrogens (tertiary/aromatic N) is 5. The van der Waals surface area contributed by atoms with Gasteiger partial charge in [0, 0.05) is 78.7 Å². The minimum absolute atomic E-state index is 0.119. The number of carbonyl (C=O) groups excluding carboxylic acids is 8. The lowest BCUT2D eigenvalue weighted by atomic mass is 9.96. The summed E-state index contributed by atoms with van der Waals surface area (Å²) in [5, 5.41) is 53.6. The number of nitrogens with one attached hydrogen (secondary N) is 6. The van der Waals surface area contributed by atoms with E-state index in [4.69, 9.17) is 14.2 Å². The van der Waals surface area contributed by atoms with E-state index in [1.165, 1.54) is 12.0 Å². The Kier molecular flexibility index (Phi) is 25.9. The third-order valence-corrected chi connectivity index (χ3v) is 16.2. The van der Waals surface area contributed by atoms with Crippen LogP contribution in [0, 0.1) is 11.8 Å². The second-order valence-corrected chi connectivity index (χ2v) is 22.5. The van der Waals surface area contributed by atoms with Crippen LogP contribution in [-0.2, 0) is 84.6 Å². The lowest BCUT2D eigenvalue weighted by Gasteiger charge is -2.35. The number of carboxylic acids is 4. The number of rotatable bonds is 31. The molecule has 0 radical (unpaired) electrons. The maximum absolute atomic E-state index is 14.4. The highest BCUT2D eigenvalue weighted by atomic mass is 16.7. The number of piperidine rings is 1. The second-order valence-electron chi connectivity index (χ2n) is 22.5. The third kappa shape index (κ3) is 20.4. The molecule has 3 saturated heterocycles. The first-order chi connectivity index (χ1) is 41.0. The van der Waals surface area contributed by atoms with Gasteiger partial charge in [-0.3, -0.25) is 77.1 Å². The molecule has 0 saturated carbocycles. The van der Waals surface area contributed by atoms with Crippen molar-refractivity contribution in [3.05, 3.63) is 29.3 Å². The first-order valence-corrected chi connectivity index (χ1v) is 29.3. The normalized spacial score (nSPS) is 22.0. The maximum Gasteiger partial charge on any atom is 0.317 e. The number of amides is 7. The Morgan fingerprint density at radius 2 is 1.27 bits per heavy atom. The van der Waals surface area contributed by atoms with Crippen LogP contribution in [0.1, 0.15) is 82.8 Å². The number of hydrogen-bond acceptors (Lipinski definition) is 19. The zero-order valence-corrected chi connectivity index (χ0v) is 49.0. The van der Waals surface area contributed by atoms with Crippen LogP contribution in [0.15, 0.2) is 18.2 Å². The summed E-state index contributed by atoms with van der Waals surface area (Å²) < 4.78 is 15.9. The van der Waals surface area contributed by atoms with Crippen molar-refractivity contribution >= 4 is 76.9 Å². The third-order valence-electron chi connectivity index (χ3n) is 16.2. The van der Waals surface area contributed by atoms with Crippen molar-refractivity contribution in [2.45, 2.75) is 127 Å². The molecule has 3 fully saturated rings. The summed E-state index contributed by atoms with van der Waals surface area (Å²) in [5.41, 5.74) is 2.16. The van der Waals surface area contributed by atoms with Crippen molar-refractivity contribution in [2.75, 3.05) is 110 Å². The molecule has 6 rings (SSSR count). The Morgan fingerprint density at radius 3 is 1.86 bits per heavy atom. The van der Waals surface area contributed by atoms with Gasteiger partial charge in [0.1, 0.15) is 42.9 Å². The fraction of sp³-hybridized carbons (Fsp3) is 0.679. The summed E-state index contributed by atoms with van der Waals surface area (Å²) in [5.74, 6) is -10.00. The molecule has 10 N–H and O–H groups in total. The van der Waals surface area contributed by atoms with Crippen LogP contribution in [-0.4, -0.2) is 259 Å². The summed E-state index contributed by atoms with van der Waals surface area (Å²) in [6.07, 6.45) is -0.333. The summed E-state index contributed by atoms with van der Waals surface area (Å²) in [4.78, 5) is 163. The molecular formula is C56H83N11O19. The number of hydrogen-bond donors (Lipinski definition) is 10. The minimum atomic E-state index is -1.45. The van der Waals surface area contributed by atoms with Crippen LogP contribution in [0.25, 0.3) is 0 Å².